The number of aliphatic carboxylic acids is 1. The summed E-state index contributed by atoms with van der Waals surface area (Å²) < 4.78 is 0. The number of thioether (sulfide) groups is 1. The maximum Gasteiger partial charge on any atom is 0.321 e. The fraction of sp³-hybridized carbons (Fsp3) is 0.750. The molecule has 0 bridgehead atoms. The van der Waals surface area contributed by atoms with Gasteiger partial charge in [0.2, 0.25) is 5.91 Å². The molecule has 0 radical (unpaired) electrons. The van der Waals surface area contributed by atoms with E-state index in [1.165, 1.54) is 11.8 Å². The van der Waals surface area contributed by atoms with Crippen molar-refractivity contribution >= 4 is 23.6 Å². The first-order valence-corrected chi connectivity index (χ1v) is 7.43. The van der Waals surface area contributed by atoms with Gasteiger partial charge in [-0.25, -0.2) is 0 Å². The van der Waals surface area contributed by atoms with E-state index in [2.05, 4.69) is 11.4 Å². The smallest absolute Gasteiger partial charge is 0.321 e. The first-order chi connectivity index (χ1) is 8.99. The summed E-state index contributed by atoms with van der Waals surface area (Å²) in [5.41, 5.74) is 4.60. The van der Waals surface area contributed by atoms with Gasteiger partial charge in [0.05, 0.1) is 11.8 Å². The number of nitriles is 1. The van der Waals surface area contributed by atoms with Crippen molar-refractivity contribution in [3.63, 3.8) is 0 Å². The van der Waals surface area contributed by atoms with Crippen LogP contribution in [-0.4, -0.2) is 40.1 Å². The minimum absolute atomic E-state index is 0.129. The number of carboxylic acids is 1. The second-order valence-corrected chi connectivity index (χ2v) is 5.79. The van der Waals surface area contributed by atoms with Crippen LogP contribution in [0.2, 0.25) is 0 Å². The molecule has 4 N–H and O–H groups in total. The Morgan fingerprint density at radius 3 is 2.58 bits per heavy atom. The lowest BCUT2D eigenvalue weighted by atomic mass is 9.83. The number of carboxylic acid groups (broad SMARTS) is 1. The van der Waals surface area contributed by atoms with Crippen molar-refractivity contribution in [3.8, 4) is 6.07 Å². The summed E-state index contributed by atoms with van der Waals surface area (Å²) in [6.45, 7) is 0. The van der Waals surface area contributed by atoms with E-state index in [1.54, 1.807) is 0 Å². The van der Waals surface area contributed by atoms with E-state index in [1.807, 2.05) is 0 Å². The molecule has 0 unspecified atom stereocenters. The molecule has 1 aliphatic carbocycles. The van der Waals surface area contributed by atoms with Crippen molar-refractivity contribution in [3.05, 3.63) is 0 Å². The Hall–Kier alpha value is -1.26. The number of amides is 1. The summed E-state index contributed by atoms with van der Waals surface area (Å²) in [6, 6.07) is 1.24. The van der Waals surface area contributed by atoms with Crippen LogP contribution in [0.4, 0.5) is 0 Å². The summed E-state index contributed by atoms with van der Waals surface area (Å²) in [6.07, 6.45) is 4.38. The van der Waals surface area contributed by atoms with Crippen LogP contribution < -0.4 is 11.1 Å². The van der Waals surface area contributed by atoms with Crippen molar-refractivity contribution in [2.24, 2.45) is 5.73 Å². The predicted octanol–water partition coefficient (Wildman–Crippen LogP) is 0.474. The van der Waals surface area contributed by atoms with Gasteiger partial charge >= 0.3 is 5.97 Å². The largest absolute Gasteiger partial charge is 0.480 e. The zero-order chi connectivity index (χ0) is 14.3. The summed E-state index contributed by atoms with van der Waals surface area (Å²) >= 11 is 1.17. The van der Waals surface area contributed by atoms with Gasteiger partial charge < -0.3 is 16.2 Å². The van der Waals surface area contributed by atoms with Crippen LogP contribution in [0.15, 0.2) is 0 Å². The third kappa shape index (κ3) is 5.09. The molecule has 6 nitrogen and oxygen atoms in total. The van der Waals surface area contributed by atoms with Crippen LogP contribution in [0.1, 0.15) is 32.1 Å². The highest BCUT2D eigenvalue weighted by atomic mass is 32.2. The molecule has 1 saturated carbocycles. The molecule has 0 aromatic heterocycles. The Balaban J connectivity index is 2.34. The van der Waals surface area contributed by atoms with Gasteiger partial charge in [-0.15, -0.1) is 11.8 Å². The molecule has 1 aliphatic rings. The summed E-state index contributed by atoms with van der Waals surface area (Å²) in [5.74, 6) is -0.994. The first kappa shape index (κ1) is 15.8. The van der Waals surface area contributed by atoms with Crippen molar-refractivity contribution in [1.29, 1.82) is 5.26 Å². The molecule has 106 valence electrons. The average Bonchev–Trinajstić information content (AvgIpc) is 2.39. The summed E-state index contributed by atoms with van der Waals surface area (Å²) in [7, 11) is 0. The van der Waals surface area contributed by atoms with Crippen LogP contribution in [0.25, 0.3) is 0 Å². The molecule has 1 fully saturated rings. The molecule has 1 rings (SSSR count). The molecule has 0 aliphatic heterocycles. The lowest BCUT2D eigenvalue weighted by molar-refractivity contribution is -0.138. The van der Waals surface area contributed by atoms with E-state index in [4.69, 9.17) is 10.8 Å². The Morgan fingerprint density at radius 2 is 2.05 bits per heavy atom. The Kier molecular flexibility index (Phi) is 6.12. The molecule has 0 aromatic carbocycles. The van der Waals surface area contributed by atoms with Crippen LogP contribution >= 0.6 is 11.8 Å². The van der Waals surface area contributed by atoms with Gasteiger partial charge in [0, 0.05) is 5.75 Å². The number of nitrogens with zero attached hydrogens (tertiary/aromatic N) is 1. The van der Waals surface area contributed by atoms with Crippen molar-refractivity contribution in [1.82, 2.24) is 5.32 Å². The second kappa shape index (κ2) is 7.36. The van der Waals surface area contributed by atoms with Crippen LogP contribution in [0.3, 0.4) is 0 Å². The third-order valence-corrected chi connectivity index (χ3v) is 4.21. The Labute approximate surface area is 116 Å². The molecular formula is C12H19N3O3S. The van der Waals surface area contributed by atoms with Crippen molar-refractivity contribution in [2.75, 3.05) is 11.5 Å². The highest BCUT2D eigenvalue weighted by molar-refractivity contribution is 8.00. The van der Waals surface area contributed by atoms with Crippen molar-refractivity contribution in [2.45, 2.75) is 43.7 Å². The van der Waals surface area contributed by atoms with E-state index >= 15 is 0 Å². The average molecular weight is 285 g/mol. The highest BCUT2D eigenvalue weighted by Gasteiger charge is 2.33. The maximum atomic E-state index is 11.8. The zero-order valence-corrected chi connectivity index (χ0v) is 11.5. The van der Waals surface area contributed by atoms with Crippen molar-refractivity contribution < 1.29 is 14.7 Å². The monoisotopic (exact) mass is 285 g/mol. The standard InChI is InChI=1S/C12H19N3O3S/c13-8-12(4-2-1-3-5-12)15-10(16)7-19-6-9(14)11(17)18/h9H,1-7,14H2,(H,15,16)(H,17,18)/t9-/m1/s1. The maximum absolute atomic E-state index is 11.8. The van der Waals surface area contributed by atoms with Crippen LogP contribution in [0, 0.1) is 11.3 Å². The normalized spacial score (nSPS) is 19.2. The number of nitrogens with one attached hydrogen (secondary N) is 1. The number of nitrogens with two attached hydrogens (primary N) is 1. The van der Waals surface area contributed by atoms with E-state index in [0.717, 1.165) is 19.3 Å². The summed E-state index contributed by atoms with van der Waals surface area (Å²) in [4.78, 5) is 22.3. The van der Waals surface area contributed by atoms with E-state index < -0.39 is 17.6 Å². The van der Waals surface area contributed by atoms with Gasteiger partial charge in [-0.05, 0) is 12.8 Å². The van der Waals surface area contributed by atoms with Crippen LogP contribution in [-0.2, 0) is 9.59 Å². The molecule has 19 heavy (non-hydrogen) atoms. The molecule has 0 aromatic rings. The van der Waals surface area contributed by atoms with Gasteiger partial charge in [0.1, 0.15) is 11.6 Å². The molecule has 0 heterocycles. The van der Waals surface area contributed by atoms with Gasteiger partial charge in [-0.3, -0.25) is 9.59 Å². The highest BCUT2D eigenvalue weighted by Crippen LogP contribution is 2.27. The predicted molar refractivity (Wildman–Crippen MR) is 72.5 cm³/mol. The molecule has 1 amide bonds. The fourth-order valence-electron chi connectivity index (χ4n) is 2.07. The van der Waals surface area contributed by atoms with Gasteiger partial charge in [0.15, 0.2) is 0 Å². The van der Waals surface area contributed by atoms with Crippen LogP contribution in [0.5, 0.6) is 0 Å². The zero-order valence-electron chi connectivity index (χ0n) is 10.7. The third-order valence-electron chi connectivity index (χ3n) is 3.15. The lowest BCUT2D eigenvalue weighted by Crippen LogP contribution is -2.49. The van der Waals surface area contributed by atoms with E-state index in [-0.39, 0.29) is 17.4 Å². The number of hydrogen-bond acceptors (Lipinski definition) is 5. The van der Waals surface area contributed by atoms with Gasteiger partial charge in [-0.2, -0.15) is 5.26 Å². The Morgan fingerprint density at radius 1 is 1.42 bits per heavy atom. The molecule has 1 atom stereocenters. The molecule has 0 spiro atoms. The summed E-state index contributed by atoms with van der Waals surface area (Å²) in [5, 5.41) is 20.6. The molecule has 0 saturated heterocycles. The quantitative estimate of drug-likeness (QED) is 0.653. The topological polar surface area (TPSA) is 116 Å². The number of carbonyl (C=O) groups is 2. The van der Waals surface area contributed by atoms with E-state index in [9.17, 15) is 14.9 Å². The number of carbonyl (C=O) groups excluding carboxylic acids is 1. The minimum Gasteiger partial charge on any atom is -0.480 e. The molecular weight excluding hydrogens is 266 g/mol. The lowest BCUT2D eigenvalue weighted by Gasteiger charge is -2.31. The first-order valence-electron chi connectivity index (χ1n) is 6.27. The number of hydrogen-bond donors (Lipinski definition) is 3. The minimum atomic E-state index is -1.08. The Bertz CT molecular complexity index is 375. The van der Waals surface area contributed by atoms with Gasteiger partial charge in [0.25, 0.3) is 0 Å². The number of rotatable bonds is 6. The van der Waals surface area contributed by atoms with E-state index in [0.29, 0.717) is 12.8 Å². The fourth-order valence-corrected chi connectivity index (χ4v) is 2.84. The van der Waals surface area contributed by atoms with Gasteiger partial charge in [-0.1, -0.05) is 19.3 Å². The second-order valence-electron chi connectivity index (χ2n) is 4.76. The molecule has 7 heteroatoms. The SMILES string of the molecule is N#CC1(NC(=O)CSC[C@@H](N)C(=O)O)CCCCC1.